The Labute approximate surface area is 128 Å². The van der Waals surface area contributed by atoms with E-state index in [-0.39, 0.29) is 6.04 Å². The van der Waals surface area contributed by atoms with Crippen LogP contribution < -0.4 is 14.8 Å². The highest BCUT2D eigenvalue weighted by Gasteiger charge is 2.16. The maximum atomic E-state index is 10.3. The molecule has 1 aliphatic heterocycles. The van der Waals surface area contributed by atoms with Gasteiger partial charge in [0.2, 0.25) is 0 Å². The zero-order valence-electron chi connectivity index (χ0n) is 11.9. The first kappa shape index (κ1) is 14.4. The van der Waals surface area contributed by atoms with Crippen LogP contribution in [0.1, 0.15) is 29.5 Å². The molecule has 0 bridgehead atoms. The highest BCUT2D eigenvalue weighted by molar-refractivity contribution is 7.10. The smallest absolute Gasteiger partial charge is 0.161 e. The fourth-order valence-electron chi connectivity index (χ4n) is 2.31. The van der Waals surface area contributed by atoms with E-state index in [0.717, 1.165) is 11.3 Å². The van der Waals surface area contributed by atoms with Crippen molar-refractivity contribution in [3.05, 3.63) is 46.2 Å². The van der Waals surface area contributed by atoms with Gasteiger partial charge in [0.05, 0.1) is 6.10 Å². The van der Waals surface area contributed by atoms with Gasteiger partial charge in [-0.1, -0.05) is 12.1 Å². The Morgan fingerprint density at radius 1 is 1.24 bits per heavy atom. The van der Waals surface area contributed by atoms with Crippen LogP contribution >= 0.6 is 11.3 Å². The number of ether oxygens (including phenoxy) is 2. The molecule has 0 aliphatic carbocycles. The molecule has 1 aromatic carbocycles. The molecule has 4 nitrogen and oxygen atoms in total. The van der Waals surface area contributed by atoms with Crippen molar-refractivity contribution in [2.75, 3.05) is 19.8 Å². The van der Waals surface area contributed by atoms with Gasteiger partial charge < -0.3 is 19.9 Å². The van der Waals surface area contributed by atoms with Crippen molar-refractivity contribution in [1.82, 2.24) is 5.32 Å². The van der Waals surface area contributed by atoms with Crippen LogP contribution in [0.4, 0.5) is 0 Å². The van der Waals surface area contributed by atoms with Crippen molar-refractivity contribution in [1.29, 1.82) is 0 Å². The molecule has 1 aliphatic rings. The lowest BCUT2D eigenvalue weighted by Crippen LogP contribution is -2.24. The predicted molar refractivity (Wildman–Crippen MR) is 83.1 cm³/mol. The Balaban J connectivity index is 1.61. The molecule has 2 aromatic rings. The molecule has 2 atom stereocenters. The Kier molecular flexibility index (Phi) is 4.43. The van der Waals surface area contributed by atoms with E-state index in [1.54, 1.807) is 11.3 Å². The fraction of sp³-hybridized carbons (Fsp3) is 0.375. The van der Waals surface area contributed by atoms with E-state index in [9.17, 15) is 5.11 Å². The highest BCUT2D eigenvalue weighted by Crippen LogP contribution is 2.32. The van der Waals surface area contributed by atoms with Gasteiger partial charge in [0, 0.05) is 17.5 Å². The molecule has 0 fully saturated rings. The van der Waals surface area contributed by atoms with Crippen molar-refractivity contribution < 1.29 is 14.6 Å². The third kappa shape index (κ3) is 3.37. The Morgan fingerprint density at radius 3 is 2.81 bits per heavy atom. The first-order chi connectivity index (χ1) is 10.2. The van der Waals surface area contributed by atoms with Crippen LogP contribution in [-0.4, -0.2) is 24.9 Å². The summed E-state index contributed by atoms with van der Waals surface area (Å²) in [6, 6.07) is 9.97. The summed E-state index contributed by atoms with van der Waals surface area (Å²) < 4.78 is 11.0. The van der Waals surface area contributed by atoms with Crippen LogP contribution in [0, 0.1) is 0 Å². The zero-order valence-corrected chi connectivity index (χ0v) is 12.7. The third-order valence-corrected chi connectivity index (χ3v) is 4.59. The standard InChI is InChI=1S/C16H19NO3S/c1-11(16-3-2-8-21-16)17-10-13(18)12-4-5-14-15(9-12)20-7-6-19-14/h2-5,8-9,11,13,17-18H,6-7,10H2,1H3/t11-,13?/m0/s1. The molecule has 1 unspecified atom stereocenters. The van der Waals surface area contributed by atoms with Gasteiger partial charge >= 0.3 is 0 Å². The van der Waals surface area contributed by atoms with E-state index in [4.69, 9.17) is 9.47 Å². The first-order valence-corrected chi connectivity index (χ1v) is 7.96. The van der Waals surface area contributed by atoms with Crippen molar-refractivity contribution in [3.63, 3.8) is 0 Å². The summed E-state index contributed by atoms with van der Waals surface area (Å²) in [5, 5.41) is 15.7. The second-order valence-electron chi connectivity index (χ2n) is 5.06. The lowest BCUT2D eigenvalue weighted by molar-refractivity contribution is 0.161. The lowest BCUT2D eigenvalue weighted by Gasteiger charge is -2.21. The van der Waals surface area contributed by atoms with Gasteiger partial charge in [-0.15, -0.1) is 11.3 Å². The van der Waals surface area contributed by atoms with Gasteiger partial charge in [-0.05, 0) is 36.1 Å². The number of hydrogen-bond acceptors (Lipinski definition) is 5. The second kappa shape index (κ2) is 6.47. The Morgan fingerprint density at radius 2 is 2.05 bits per heavy atom. The molecular formula is C16H19NO3S. The number of benzene rings is 1. The molecule has 3 rings (SSSR count). The minimum atomic E-state index is -0.566. The van der Waals surface area contributed by atoms with Crippen LogP contribution in [-0.2, 0) is 0 Å². The molecule has 5 heteroatoms. The number of rotatable bonds is 5. The number of nitrogens with one attached hydrogen (secondary N) is 1. The monoisotopic (exact) mass is 305 g/mol. The summed E-state index contributed by atoms with van der Waals surface area (Å²) >= 11 is 1.72. The van der Waals surface area contributed by atoms with Crippen LogP contribution in [0.3, 0.4) is 0 Å². The van der Waals surface area contributed by atoms with E-state index in [1.807, 2.05) is 24.3 Å². The zero-order chi connectivity index (χ0) is 14.7. The molecule has 0 saturated carbocycles. The number of thiophene rings is 1. The van der Waals surface area contributed by atoms with E-state index < -0.39 is 6.10 Å². The van der Waals surface area contributed by atoms with E-state index in [2.05, 4.69) is 23.7 Å². The van der Waals surface area contributed by atoms with Gasteiger partial charge in [-0.3, -0.25) is 0 Å². The Bertz CT molecular complexity index is 585. The fourth-order valence-corrected chi connectivity index (χ4v) is 3.07. The largest absolute Gasteiger partial charge is 0.486 e. The number of aliphatic hydroxyl groups excluding tert-OH is 1. The topological polar surface area (TPSA) is 50.7 Å². The van der Waals surface area contributed by atoms with E-state index >= 15 is 0 Å². The molecular weight excluding hydrogens is 286 g/mol. The maximum Gasteiger partial charge on any atom is 0.161 e. The van der Waals surface area contributed by atoms with Crippen LogP contribution in [0.25, 0.3) is 0 Å². The molecule has 0 amide bonds. The van der Waals surface area contributed by atoms with Crippen LogP contribution in [0.2, 0.25) is 0 Å². The Hall–Kier alpha value is -1.56. The van der Waals surface area contributed by atoms with Crippen LogP contribution in [0.5, 0.6) is 11.5 Å². The highest BCUT2D eigenvalue weighted by atomic mass is 32.1. The second-order valence-corrected chi connectivity index (χ2v) is 6.04. The summed E-state index contributed by atoms with van der Waals surface area (Å²) in [7, 11) is 0. The van der Waals surface area contributed by atoms with Gasteiger partial charge in [-0.2, -0.15) is 0 Å². The molecule has 0 radical (unpaired) electrons. The normalized spacial score (nSPS) is 16.5. The predicted octanol–water partition coefficient (Wildman–Crippen LogP) is 2.90. The van der Waals surface area contributed by atoms with Crippen molar-refractivity contribution in [2.24, 2.45) is 0 Å². The minimum absolute atomic E-state index is 0.233. The summed E-state index contributed by atoms with van der Waals surface area (Å²) in [6.07, 6.45) is -0.566. The SMILES string of the molecule is C[C@H](NCC(O)c1ccc2c(c1)OCCO2)c1cccs1. The minimum Gasteiger partial charge on any atom is -0.486 e. The average molecular weight is 305 g/mol. The summed E-state index contributed by atoms with van der Waals surface area (Å²) in [5.74, 6) is 1.46. The molecule has 1 aromatic heterocycles. The van der Waals surface area contributed by atoms with Gasteiger partial charge in [0.25, 0.3) is 0 Å². The summed E-state index contributed by atoms with van der Waals surface area (Å²) in [4.78, 5) is 1.27. The van der Waals surface area contributed by atoms with Crippen molar-refractivity contribution in [2.45, 2.75) is 19.1 Å². The third-order valence-electron chi connectivity index (χ3n) is 3.54. The number of aliphatic hydroxyl groups is 1. The lowest BCUT2D eigenvalue weighted by atomic mass is 10.1. The van der Waals surface area contributed by atoms with Gasteiger partial charge in [0.15, 0.2) is 11.5 Å². The summed E-state index contributed by atoms with van der Waals surface area (Å²) in [6.45, 7) is 3.73. The number of fused-ring (bicyclic) bond motifs is 1. The molecule has 2 heterocycles. The van der Waals surface area contributed by atoms with E-state index in [1.165, 1.54) is 4.88 Å². The maximum absolute atomic E-state index is 10.3. The first-order valence-electron chi connectivity index (χ1n) is 7.08. The molecule has 21 heavy (non-hydrogen) atoms. The number of hydrogen-bond donors (Lipinski definition) is 2. The molecule has 0 spiro atoms. The van der Waals surface area contributed by atoms with Crippen molar-refractivity contribution >= 4 is 11.3 Å². The van der Waals surface area contributed by atoms with Crippen molar-refractivity contribution in [3.8, 4) is 11.5 Å². The van der Waals surface area contributed by atoms with Gasteiger partial charge in [-0.25, -0.2) is 0 Å². The quantitative estimate of drug-likeness (QED) is 0.892. The molecule has 0 saturated heterocycles. The van der Waals surface area contributed by atoms with E-state index in [0.29, 0.717) is 25.5 Å². The molecule has 2 N–H and O–H groups in total. The average Bonchev–Trinajstić information content (AvgIpc) is 3.06. The summed E-state index contributed by atoms with van der Waals surface area (Å²) in [5.41, 5.74) is 0.838. The van der Waals surface area contributed by atoms with Crippen LogP contribution in [0.15, 0.2) is 35.7 Å². The van der Waals surface area contributed by atoms with Gasteiger partial charge in [0.1, 0.15) is 13.2 Å². The molecule has 112 valence electrons.